The highest BCUT2D eigenvalue weighted by Gasteiger charge is 2.05. The van der Waals surface area contributed by atoms with Crippen molar-refractivity contribution in [3.8, 4) is 5.69 Å². The lowest BCUT2D eigenvalue weighted by Crippen LogP contribution is -2.07. The van der Waals surface area contributed by atoms with Gasteiger partial charge < -0.3 is 5.11 Å². The average Bonchev–Trinajstić information content (AvgIpc) is 2.87. The van der Waals surface area contributed by atoms with E-state index in [9.17, 15) is 5.11 Å². The number of para-hydroxylation sites is 1. The minimum atomic E-state index is -0.197. The van der Waals surface area contributed by atoms with Crippen LogP contribution in [-0.2, 0) is 6.42 Å². The van der Waals surface area contributed by atoms with Gasteiger partial charge in [-0.15, -0.1) is 0 Å². The van der Waals surface area contributed by atoms with E-state index in [1.165, 1.54) is 0 Å². The molecule has 2 rings (SSSR count). The van der Waals surface area contributed by atoms with Crippen LogP contribution in [-0.4, -0.2) is 21.0 Å². The first-order chi connectivity index (χ1) is 8.79. The zero-order valence-electron chi connectivity index (χ0n) is 10.8. The summed E-state index contributed by atoms with van der Waals surface area (Å²) in [5.74, 6) is 0. The maximum atomic E-state index is 9.70. The van der Waals surface area contributed by atoms with Crippen LogP contribution in [0.2, 0.25) is 0 Å². The highest BCUT2D eigenvalue weighted by Crippen LogP contribution is 2.10. The molecule has 1 N–H and O–H groups in total. The van der Waals surface area contributed by atoms with Crippen LogP contribution in [0.4, 0.5) is 0 Å². The third-order valence-electron chi connectivity index (χ3n) is 3.02. The minimum absolute atomic E-state index is 0.197. The van der Waals surface area contributed by atoms with E-state index in [4.69, 9.17) is 0 Å². The quantitative estimate of drug-likeness (QED) is 0.848. The summed E-state index contributed by atoms with van der Waals surface area (Å²) in [4.78, 5) is 0. The number of hydrogen-bond acceptors (Lipinski definition) is 2. The Bertz CT molecular complexity index is 464. The zero-order chi connectivity index (χ0) is 12.8. The van der Waals surface area contributed by atoms with Crippen LogP contribution in [0.25, 0.3) is 5.69 Å². The molecule has 0 fully saturated rings. The maximum Gasteiger partial charge on any atom is 0.0645 e. The Morgan fingerprint density at radius 3 is 2.67 bits per heavy atom. The molecule has 0 spiro atoms. The second-order valence-corrected chi connectivity index (χ2v) is 4.57. The Morgan fingerprint density at radius 1 is 1.17 bits per heavy atom. The van der Waals surface area contributed by atoms with Crippen LogP contribution >= 0.6 is 0 Å². The molecule has 96 valence electrons. The van der Waals surface area contributed by atoms with Crippen molar-refractivity contribution in [3.05, 3.63) is 48.3 Å². The molecule has 0 aliphatic rings. The molecule has 3 heteroatoms. The molecule has 1 atom stereocenters. The van der Waals surface area contributed by atoms with Crippen LogP contribution in [0, 0.1) is 0 Å². The van der Waals surface area contributed by atoms with Gasteiger partial charge in [0, 0.05) is 6.20 Å². The molecule has 2 aromatic rings. The molecule has 0 bridgehead atoms. The van der Waals surface area contributed by atoms with Crippen molar-refractivity contribution in [2.45, 2.75) is 38.7 Å². The second kappa shape index (κ2) is 6.36. The van der Waals surface area contributed by atoms with E-state index in [1.54, 1.807) is 0 Å². The van der Waals surface area contributed by atoms with E-state index in [-0.39, 0.29) is 6.10 Å². The van der Waals surface area contributed by atoms with Crippen LogP contribution in [0.5, 0.6) is 0 Å². The number of aliphatic hydroxyl groups excluding tert-OH is 1. The van der Waals surface area contributed by atoms with Crippen molar-refractivity contribution in [2.24, 2.45) is 0 Å². The van der Waals surface area contributed by atoms with E-state index in [0.717, 1.165) is 37.1 Å². The van der Waals surface area contributed by atoms with E-state index in [0.29, 0.717) is 0 Å². The first-order valence-corrected chi connectivity index (χ1v) is 6.57. The van der Waals surface area contributed by atoms with Gasteiger partial charge in [-0.1, -0.05) is 31.5 Å². The molecule has 0 aliphatic heterocycles. The smallest absolute Gasteiger partial charge is 0.0645 e. The Labute approximate surface area is 108 Å². The molecule has 1 aromatic heterocycles. The molecule has 0 amide bonds. The van der Waals surface area contributed by atoms with Gasteiger partial charge in [-0.25, -0.2) is 4.68 Å². The van der Waals surface area contributed by atoms with Crippen molar-refractivity contribution >= 4 is 0 Å². The molecular weight excluding hydrogens is 224 g/mol. The van der Waals surface area contributed by atoms with Gasteiger partial charge in [0.05, 0.1) is 17.5 Å². The summed E-state index contributed by atoms with van der Waals surface area (Å²) >= 11 is 0. The highest BCUT2D eigenvalue weighted by atomic mass is 16.3. The Morgan fingerprint density at radius 2 is 1.94 bits per heavy atom. The first-order valence-electron chi connectivity index (χ1n) is 6.57. The van der Waals surface area contributed by atoms with Gasteiger partial charge in [0.1, 0.15) is 0 Å². The molecule has 1 aromatic carbocycles. The van der Waals surface area contributed by atoms with Gasteiger partial charge in [-0.05, 0) is 37.5 Å². The molecule has 1 heterocycles. The Balaban J connectivity index is 1.95. The summed E-state index contributed by atoms with van der Waals surface area (Å²) in [6.07, 6.45) is 5.30. The highest BCUT2D eigenvalue weighted by molar-refractivity contribution is 5.30. The third kappa shape index (κ3) is 3.44. The lowest BCUT2D eigenvalue weighted by Gasteiger charge is -2.07. The van der Waals surface area contributed by atoms with E-state index in [1.807, 2.05) is 47.3 Å². The largest absolute Gasteiger partial charge is 0.393 e. The first kappa shape index (κ1) is 12.8. The zero-order valence-corrected chi connectivity index (χ0v) is 10.8. The van der Waals surface area contributed by atoms with Gasteiger partial charge in [0.2, 0.25) is 0 Å². The van der Waals surface area contributed by atoms with Gasteiger partial charge in [-0.2, -0.15) is 5.10 Å². The van der Waals surface area contributed by atoms with Crippen LogP contribution < -0.4 is 0 Å². The minimum Gasteiger partial charge on any atom is -0.393 e. The summed E-state index contributed by atoms with van der Waals surface area (Å²) in [5.41, 5.74) is 2.10. The van der Waals surface area contributed by atoms with Crippen molar-refractivity contribution in [3.63, 3.8) is 0 Å². The summed E-state index contributed by atoms with van der Waals surface area (Å²) in [6.45, 7) is 2.09. The maximum absolute atomic E-state index is 9.70. The molecule has 0 saturated heterocycles. The van der Waals surface area contributed by atoms with Gasteiger partial charge in [0.25, 0.3) is 0 Å². The van der Waals surface area contributed by atoms with Crippen molar-refractivity contribution in [1.29, 1.82) is 0 Å². The summed E-state index contributed by atoms with van der Waals surface area (Å²) in [6, 6.07) is 12.1. The van der Waals surface area contributed by atoms with Crippen molar-refractivity contribution in [2.75, 3.05) is 0 Å². The van der Waals surface area contributed by atoms with E-state index < -0.39 is 0 Å². The van der Waals surface area contributed by atoms with Crippen LogP contribution in [0.3, 0.4) is 0 Å². The third-order valence-corrected chi connectivity index (χ3v) is 3.02. The van der Waals surface area contributed by atoms with E-state index in [2.05, 4.69) is 12.0 Å². The fourth-order valence-corrected chi connectivity index (χ4v) is 2.01. The fourth-order valence-electron chi connectivity index (χ4n) is 2.01. The van der Waals surface area contributed by atoms with Gasteiger partial charge >= 0.3 is 0 Å². The Kier molecular flexibility index (Phi) is 4.53. The van der Waals surface area contributed by atoms with Crippen molar-refractivity contribution in [1.82, 2.24) is 9.78 Å². The number of aromatic nitrogens is 2. The van der Waals surface area contributed by atoms with E-state index >= 15 is 0 Å². The molecule has 0 radical (unpaired) electrons. The lowest BCUT2D eigenvalue weighted by atomic mass is 10.1. The van der Waals surface area contributed by atoms with Gasteiger partial charge in [0.15, 0.2) is 0 Å². The second-order valence-electron chi connectivity index (χ2n) is 4.57. The van der Waals surface area contributed by atoms with Crippen LogP contribution in [0.1, 0.15) is 31.9 Å². The van der Waals surface area contributed by atoms with Crippen molar-refractivity contribution < 1.29 is 5.11 Å². The molecule has 1 unspecified atom stereocenters. The topological polar surface area (TPSA) is 38.0 Å². The SMILES string of the molecule is CCCC(O)CCc1ccn(-c2ccccc2)n1. The molecule has 3 nitrogen and oxygen atoms in total. The fraction of sp³-hybridized carbons (Fsp3) is 0.400. The average molecular weight is 244 g/mol. The molecular formula is C15H20N2O. The number of benzene rings is 1. The number of nitrogens with zero attached hydrogens (tertiary/aromatic N) is 2. The molecule has 18 heavy (non-hydrogen) atoms. The predicted molar refractivity (Wildman–Crippen MR) is 72.8 cm³/mol. The molecule has 0 aliphatic carbocycles. The standard InChI is InChI=1S/C15H20N2O/c1-2-6-15(18)10-9-13-11-12-17(16-13)14-7-4-3-5-8-14/h3-5,7-8,11-12,15,18H,2,6,9-10H2,1H3. The summed E-state index contributed by atoms with van der Waals surface area (Å²) in [5, 5.41) is 14.2. The lowest BCUT2D eigenvalue weighted by molar-refractivity contribution is 0.153. The van der Waals surface area contributed by atoms with Gasteiger partial charge in [-0.3, -0.25) is 0 Å². The normalized spacial score (nSPS) is 12.6. The molecule has 0 saturated carbocycles. The summed E-state index contributed by atoms with van der Waals surface area (Å²) in [7, 11) is 0. The monoisotopic (exact) mass is 244 g/mol. The Hall–Kier alpha value is -1.61. The van der Waals surface area contributed by atoms with Crippen LogP contribution in [0.15, 0.2) is 42.6 Å². The summed E-state index contributed by atoms with van der Waals surface area (Å²) < 4.78 is 1.88. The number of aliphatic hydroxyl groups is 1. The predicted octanol–water partition coefficient (Wildman–Crippen LogP) is 2.97. The number of aryl methyl sites for hydroxylation is 1. The number of hydrogen-bond donors (Lipinski definition) is 1. The number of rotatable bonds is 6.